The zero-order valence-electron chi connectivity index (χ0n) is 28.3. The van der Waals surface area contributed by atoms with Crippen LogP contribution >= 0.6 is 0 Å². The predicted octanol–water partition coefficient (Wildman–Crippen LogP) is -1.42. The number of carbonyl (C=O) groups is 3. The Bertz CT molecular complexity index is 2200. The summed E-state index contributed by atoms with van der Waals surface area (Å²) in [6, 6.07) is 12.9. The van der Waals surface area contributed by atoms with Gasteiger partial charge in [-0.1, -0.05) is 24.3 Å². The largest absolute Gasteiger partial charge is 0.499 e. The molecule has 0 radical (unpaired) electrons. The molecule has 278 valence electrons. The SMILES string of the molecule is N=C1N=C2C(=NC[NH+]2c2ccccc2C2C=COCC3OC(Oc4c2cc2c(c4OCCO)C(=O)c4cc(CO)ccc4C2=O)C(O)C(O)C3O)C(=O)N1. The molecule has 3 aromatic rings. The monoisotopic (exact) mass is 740 g/mol. The van der Waals surface area contributed by atoms with E-state index in [-0.39, 0.29) is 76.7 Å². The Balaban J connectivity index is 1.38. The zero-order valence-corrected chi connectivity index (χ0v) is 28.3. The number of quaternary nitrogens is 1. The van der Waals surface area contributed by atoms with Gasteiger partial charge in [-0.25, -0.2) is 9.89 Å². The highest BCUT2D eigenvalue weighted by Gasteiger charge is 2.48. The number of ether oxygens (including phenoxy) is 4. The molecule has 1 amide bonds. The lowest BCUT2D eigenvalue weighted by molar-refractivity contribution is -0.723. The Morgan fingerprint density at radius 2 is 1.76 bits per heavy atom. The number of aliphatic imine (C=N–C) groups is 2. The third kappa shape index (κ3) is 5.78. The molecular weight excluding hydrogens is 706 g/mol. The van der Waals surface area contributed by atoms with E-state index in [0.717, 1.165) is 0 Å². The molecule has 17 nitrogen and oxygen atoms in total. The number of para-hydroxylation sites is 1. The number of benzene rings is 3. The molecule has 8 N–H and O–H groups in total. The van der Waals surface area contributed by atoms with Gasteiger partial charge in [0.25, 0.3) is 11.7 Å². The number of amides is 1. The number of aliphatic hydroxyl groups is 5. The van der Waals surface area contributed by atoms with E-state index in [0.29, 0.717) is 21.7 Å². The molecule has 4 aliphatic heterocycles. The second-order valence-electron chi connectivity index (χ2n) is 13.1. The average molecular weight is 741 g/mol. The molecule has 1 saturated heterocycles. The number of nitrogens with one attached hydrogen (secondary N) is 3. The normalized spacial score (nSPS) is 27.2. The first-order valence-corrected chi connectivity index (χ1v) is 17.0. The highest BCUT2D eigenvalue weighted by molar-refractivity contribution is 6.68. The van der Waals surface area contributed by atoms with Crippen molar-refractivity contribution in [3.8, 4) is 11.5 Å². The van der Waals surface area contributed by atoms with Crippen molar-refractivity contribution in [1.29, 1.82) is 5.41 Å². The van der Waals surface area contributed by atoms with Crippen molar-refractivity contribution in [2.75, 3.05) is 26.5 Å². The fourth-order valence-corrected chi connectivity index (χ4v) is 7.30. The highest BCUT2D eigenvalue weighted by Crippen LogP contribution is 2.48. The van der Waals surface area contributed by atoms with E-state index in [1.54, 1.807) is 30.3 Å². The number of aliphatic hydroxyl groups excluding tert-OH is 5. The lowest BCUT2D eigenvalue weighted by Crippen LogP contribution is -3.09. The van der Waals surface area contributed by atoms with Crippen molar-refractivity contribution < 1.29 is 63.8 Å². The van der Waals surface area contributed by atoms with Gasteiger partial charge in [-0.05, 0) is 35.9 Å². The van der Waals surface area contributed by atoms with Gasteiger partial charge in [0.1, 0.15) is 43.3 Å². The molecule has 17 heteroatoms. The summed E-state index contributed by atoms with van der Waals surface area (Å²) in [5.41, 5.74) is 1.58. The first-order chi connectivity index (χ1) is 26.1. The van der Waals surface area contributed by atoms with Crippen molar-refractivity contribution in [3.05, 3.63) is 99.8 Å². The van der Waals surface area contributed by atoms with Gasteiger partial charge in [0.15, 0.2) is 29.7 Å². The Hall–Kier alpha value is -5.66. The van der Waals surface area contributed by atoms with Gasteiger partial charge in [0.05, 0.1) is 25.0 Å². The lowest BCUT2D eigenvalue weighted by atomic mass is 9.79. The molecule has 0 saturated carbocycles. The Labute approximate surface area is 305 Å². The van der Waals surface area contributed by atoms with E-state index < -0.39 is 67.3 Å². The molecular formula is C37H34N5O12+. The van der Waals surface area contributed by atoms with Gasteiger partial charge in [0, 0.05) is 33.7 Å². The maximum atomic E-state index is 14.4. The summed E-state index contributed by atoms with van der Waals surface area (Å²) in [5.74, 6) is -3.26. The summed E-state index contributed by atoms with van der Waals surface area (Å²) in [6.45, 7) is -1.49. The van der Waals surface area contributed by atoms with E-state index in [2.05, 4.69) is 15.3 Å². The topological polar surface area (TPSA) is 254 Å². The van der Waals surface area contributed by atoms with Crippen LogP contribution in [0.15, 0.2) is 70.9 Å². The molecule has 5 aliphatic rings. The second kappa shape index (κ2) is 14.0. The number of rotatable bonds is 6. The van der Waals surface area contributed by atoms with Crippen LogP contribution in [0.1, 0.15) is 54.5 Å². The molecule has 1 aliphatic carbocycles. The van der Waals surface area contributed by atoms with E-state index in [1.165, 1.54) is 30.5 Å². The molecule has 7 unspecified atom stereocenters. The summed E-state index contributed by atoms with van der Waals surface area (Å²) in [6.07, 6.45) is -5.01. The standard InChI is InChI=1S/C37H33N5O12/c38-37-40-34-26(35(50)41-37)39-15-42(34)23-4-2-1-3-18(23)17-7-9-51-14-24-29(47)30(48)31(49)36(53-24)54-32-21(17)12-22-25(33(32)52-10-8-43)28(46)20-11-16(13-44)5-6-19(20)27(22)45/h1-7,9,11-12,17,24,29-31,36,43-44,47-49H,8,10,13-15H2,(H2,38,41,50)/p+1. The number of fused-ring (bicyclic) bond motifs is 6. The second-order valence-corrected chi connectivity index (χ2v) is 13.1. The maximum Gasteiger partial charge on any atom is 0.284 e. The van der Waals surface area contributed by atoms with Crippen LogP contribution in [0.2, 0.25) is 0 Å². The molecule has 54 heavy (non-hydrogen) atoms. The van der Waals surface area contributed by atoms with Crippen molar-refractivity contribution in [1.82, 2.24) is 5.32 Å². The number of allylic oxidation sites excluding steroid dienone is 1. The number of guanidine groups is 1. The highest BCUT2D eigenvalue weighted by atomic mass is 16.7. The van der Waals surface area contributed by atoms with Crippen LogP contribution in [0.3, 0.4) is 0 Å². The van der Waals surface area contributed by atoms with Gasteiger partial charge in [0.2, 0.25) is 18.0 Å². The fraction of sp³-hybridized carbons (Fsp3) is 0.297. The number of hydrogen-bond acceptors (Lipinski definition) is 14. The third-order valence-corrected chi connectivity index (χ3v) is 9.89. The number of amidine groups is 1. The van der Waals surface area contributed by atoms with Crippen LogP contribution in [-0.4, -0.2) is 118 Å². The number of hydrogen-bond donors (Lipinski definition) is 8. The van der Waals surface area contributed by atoms with Crippen molar-refractivity contribution in [2.45, 2.75) is 43.2 Å². The molecule has 3 aromatic carbocycles. The number of carbonyl (C=O) groups excluding carboxylic acids is 3. The minimum Gasteiger partial charge on any atom is -0.499 e. The van der Waals surface area contributed by atoms with E-state index in [4.69, 9.17) is 24.4 Å². The smallest absolute Gasteiger partial charge is 0.284 e. The van der Waals surface area contributed by atoms with Crippen LogP contribution in [0.4, 0.5) is 5.69 Å². The van der Waals surface area contributed by atoms with Crippen LogP contribution in [0.25, 0.3) is 0 Å². The van der Waals surface area contributed by atoms with Crippen molar-refractivity contribution >= 4 is 40.7 Å². The maximum absolute atomic E-state index is 14.4. The van der Waals surface area contributed by atoms with Gasteiger partial charge in [-0.2, -0.15) is 4.99 Å². The minimum absolute atomic E-state index is 0.00330. The third-order valence-electron chi connectivity index (χ3n) is 9.89. The number of ketones is 2. The predicted molar refractivity (Wildman–Crippen MR) is 185 cm³/mol. The van der Waals surface area contributed by atoms with Gasteiger partial charge >= 0.3 is 0 Å². The zero-order chi connectivity index (χ0) is 37.8. The van der Waals surface area contributed by atoms with Crippen molar-refractivity contribution in [2.24, 2.45) is 9.98 Å². The summed E-state index contributed by atoms with van der Waals surface area (Å²) < 4.78 is 24.2. The Kier molecular flexibility index (Phi) is 9.14. The molecule has 1 fully saturated rings. The average Bonchev–Trinajstić information content (AvgIpc) is 3.59. The van der Waals surface area contributed by atoms with Crippen LogP contribution < -0.4 is 19.7 Å². The summed E-state index contributed by atoms with van der Waals surface area (Å²) in [4.78, 5) is 50.6. The van der Waals surface area contributed by atoms with E-state index in [1.807, 2.05) is 0 Å². The molecule has 7 atom stereocenters. The van der Waals surface area contributed by atoms with Crippen LogP contribution in [0, 0.1) is 5.41 Å². The fourth-order valence-electron chi connectivity index (χ4n) is 7.30. The molecule has 2 bridgehead atoms. The van der Waals surface area contributed by atoms with E-state index >= 15 is 0 Å². The summed E-state index contributed by atoms with van der Waals surface area (Å²) in [5, 5.41) is 62.8. The first kappa shape index (κ1) is 35.4. The number of nitrogens with zero attached hydrogens (tertiary/aromatic N) is 2. The van der Waals surface area contributed by atoms with Gasteiger partial charge in [-0.15, -0.1) is 0 Å². The van der Waals surface area contributed by atoms with Gasteiger partial charge < -0.3 is 44.5 Å². The molecule has 0 aromatic heterocycles. The summed E-state index contributed by atoms with van der Waals surface area (Å²) >= 11 is 0. The summed E-state index contributed by atoms with van der Waals surface area (Å²) in [7, 11) is 0. The molecule has 0 spiro atoms. The van der Waals surface area contributed by atoms with Gasteiger partial charge in [-0.3, -0.25) is 25.1 Å². The Morgan fingerprint density at radius 1 is 0.944 bits per heavy atom. The van der Waals surface area contributed by atoms with Crippen LogP contribution in [0.5, 0.6) is 11.5 Å². The quantitative estimate of drug-likeness (QED) is 0.113. The van der Waals surface area contributed by atoms with Crippen molar-refractivity contribution in [3.63, 3.8) is 0 Å². The molecule has 4 heterocycles. The molecule has 8 rings (SSSR count). The lowest BCUT2D eigenvalue weighted by Gasteiger charge is -2.40. The Morgan fingerprint density at radius 3 is 2.56 bits per heavy atom. The first-order valence-electron chi connectivity index (χ1n) is 17.0. The van der Waals surface area contributed by atoms with Crippen LogP contribution in [-0.2, 0) is 20.9 Å². The minimum atomic E-state index is -1.81. The van der Waals surface area contributed by atoms with E-state index in [9.17, 15) is 39.9 Å².